The number of hydrogen-bond acceptors (Lipinski definition) is 2. The van der Waals surface area contributed by atoms with E-state index in [9.17, 15) is 9.90 Å². The molecule has 1 rings (SSSR count). The van der Waals surface area contributed by atoms with Crippen molar-refractivity contribution >= 4 is 6.09 Å². The van der Waals surface area contributed by atoms with Crippen LogP contribution >= 0.6 is 0 Å². The van der Waals surface area contributed by atoms with Crippen LogP contribution in [0.15, 0.2) is 0 Å². The summed E-state index contributed by atoms with van der Waals surface area (Å²) in [5.74, 6) is 0.412. The predicted octanol–water partition coefficient (Wildman–Crippen LogP) is 1.65. The van der Waals surface area contributed by atoms with Crippen molar-refractivity contribution in [2.24, 2.45) is 11.7 Å². The number of rotatable bonds is 2. The zero-order valence-corrected chi connectivity index (χ0v) is 9.78. The maximum absolute atomic E-state index is 11.4. The zero-order valence-electron chi connectivity index (χ0n) is 9.78. The molecule has 1 heterocycles. The number of hydrogen-bond donors (Lipinski definition) is 2. The summed E-state index contributed by atoms with van der Waals surface area (Å²) in [6.45, 7) is 6.31. The molecule has 4 nitrogen and oxygen atoms in total. The van der Waals surface area contributed by atoms with Gasteiger partial charge in [-0.1, -0.05) is 13.8 Å². The summed E-state index contributed by atoms with van der Waals surface area (Å²) >= 11 is 0. The summed E-state index contributed by atoms with van der Waals surface area (Å²) in [5, 5.41) is 9.38. The van der Waals surface area contributed by atoms with E-state index >= 15 is 0 Å². The fourth-order valence-electron chi connectivity index (χ4n) is 2.48. The topological polar surface area (TPSA) is 63.3 Å². The van der Waals surface area contributed by atoms with Gasteiger partial charge in [-0.05, 0) is 12.8 Å². The summed E-state index contributed by atoms with van der Waals surface area (Å²) < 4.78 is 0.214. The van der Waals surface area contributed by atoms with Gasteiger partial charge in [-0.3, -0.25) is 0 Å². The van der Waals surface area contributed by atoms with Crippen molar-refractivity contribution in [1.29, 1.82) is 0 Å². The Balaban J connectivity index is 2.75. The summed E-state index contributed by atoms with van der Waals surface area (Å²) in [4.78, 5) is 11.4. The molecule has 0 aromatic carbocycles. The molecule has 0 aromatic rings. The van der Waals surface area contributed by atoms with Gasteiger partial charge in [-0.15, -0.1) is 0 Å². The van der Waals surface area contributed by atoms with Crippen molar-refractivity contribution in [2.45, 2.75) is 39.2 Å². The minimum Gasteiger partial charge on any atom is -0.435 e. The Kier molecular flexibility index (Phi) is 4.11. The van der Waals surface area contributed by atoms with E-state index in [1.54, 1.807) is 0 Å². The average Bonchev–Trinajstić information content (AvgIpc) is 2.28. The van der Waals surface area contributed by atoms with E-state index in [0.717, 1.165) is 32.4 Å². The normalized spacial score (nSPS) is 32.7. The van der Waals surface area contributed by atoms with Crippen LogP contribution in [0.3, 0.4) is 0 Å². The van der Waals surface area contributed by atoms with Gasteiger partial charge < -0.3 is 10.8 Å². The first-order valence-electron chi connectivity index (χ1n) is 5.81. The van der Waals surface area contributed by atoms with Gasteiger partial charge in [-0.2, -0.15) is 4.79 Å². The van der Waals surface area contributed by atoms with Crippen LogP contribution in [0, 0.1) is 5.92 Å². The number of likely N-dealkylation sites (tertiary alicyclic amines) is 1. The van der Waals surface area contributed by atoms with Gasteiger partial charge in [0.25, 0.3) is 0 Å². The minimum absolute atomic E-state index is 0.191. The molecule has 0 radical (unpaired) electrons. The van der Waals surface area contributed by atoms with Gasteiger partial charge in [0.2, 0.25) is 0 Å². The first-order chi connectivity index (χ1) is 6.96. The van der Waals surface area contributed by atoms with Crippen LogP contribution in [0.1, 0.15) is 33.1 Å². The molecule has 1 aliphatic heterocycles. The van der Waals surface area contributed by atoms with Gasteiger partial charge in [0, 0.05) is 18.4 Å². The highest BCUT2D eigenvalue weighted by molar-refractivity contribution is 5.56. The van der Waals surface area contributed by atoms with Gasteiger partial charge in [0.1, 0.15) is 0 Å². The van der Waals surface area contributed by atoms with Crippen molar-refractivity contribution in [3.05, 3.63) is 0 Å². The number of amides is 1. The molecule has 15 heavy (non-hydrogen) atoms. The maximum atomic E-state index is 11.4. The maximum Gasteiger partial charge on any atom is 0.513 e. The van der Waals surface area contributed by atoms with Crippen molar-refractivity contribution in [2.75, 3.05) is 19.6 Å². The standard InChI is InChI=1S/C11H22N2O2/c1-9(2)8-13(11(14)15)6-3-4-10(12)5-7-13/h9-10H,3-8,12H2,1-2H3/p+1/t10-,13?/m0/s1. The Morgan fingerprint density at radius 1 is 1.47 bits per heavy atom. The molecule has 3 N–H and O–H groups in total. The summed E-state index contributed by atoms with van der Waals surface area (Å²) in [5.41, 5.74) is 5.88. The second kappa shape index (κ2) is 4.94. The Morgan fingerprint density at radius 2 is 2.13 bits per heavy atom. The fraction of sp³-hybridized carbons (Fsp3) is 0.909. The third-order valence-electron chi connectivity index (χ3n) is 3.21. The highest BCUT2D eigenvalue weighted by Gasteiger charge is 2.38. The summed E-state index contributed by atoms with van der Waals surface area (Å²) in [6, 6.07) is 0.191. The highest BCUT2D eigenvalue weighted by atomic mass is 16.4. The number of carbonyl (C=O) groups is 1. The molecular weight excluding hydrogens is 192 g/mol. The van der Waals surface area contributed by atoms with Crippen molar-refractivity contribution in [3.8, 4) is 0 Å². The monoisotopic (exact) mass is 215 g/mol. The number of nitrogens with zero attached hydrogens (tertiary/aromatic N) is 1. The van der Waals surface area contributed by atoms with Crippen molar-refractivity contribution in [3.63, 3.8) is 0 Å². The molecule has 0 bridgehead atoms. The van der Waals surface area contributed by atoms with E-state index < -0.39 is 6.09 Å². The number of carboxylic acid groups (broad SMARTS) is 1. The third-order valence-corrected chi connectivity index (χ3v) is 3.21. The molecule has 1 saturated heterocycles. The Labute approximate surface area is 91.6 Å². The molecule has 0 spiro atoms. The lowest BCUT2D eigenvalue weighted by Crippen LogP contribution is -2.54. The van der Waals surface area contributed by atoms with Gasteiger partial charge in [0.05, 0.1) is 19.6 Å². The van der Waals surface area contributed by atoms with E-state index in [1.165, 1.54) is 0 Å². The van der Waals surface area contributed by atoms with Crippen LogP contribution < -0.4 is 5.73 Å². The first-order valence-corrected chi connectivity index (χ1v) is 5.81. The molecule has 1 amide bonds. The minimum atomic E-state index is -0.683. The molecule has 2 atom stereocenters. The van der Waals surface area contributed by atoms with Crippen LogP contribution in [-0.4, -0.2) is 41.4 Å². The largest absolute Gasteiger partial charge is 0.513 e. The highest BCUT2D eigenvalue weighted by Crippen LogP contribution is 2.20. The lowest BCUT2D eigenvalue weighted by molar-refractivity contribution is -0.859. The zero-order chi connectivity index (χ0) is 11.5. The average molecular weight is 215 g/mol. The molecule has 1 fully saturated rings. The Hall–Kier alpha value is -0.610. The molecule has 0 aromatic heterocycles. The molecule has 1 unspecified atom stereocenters. The summed E-state index contributed by atoms with van der Waals surface area (Å²) in [7, 11) is 0. The van der Waals surface area contributed by atoms with Gasteiger partial charge in [0.15, 0.2) is 0 Å². The van der Waals surface area contributed by atoms with Crippen molar-refractivity contribution < 1.29 is 14.4 Å². The molecule has 4 heteroatoms. The van der Waals surface area contributed by atoms with Gasteiger partial charge >= 0.3 is 6.09 Å². The van der Waals surface area contributed by atoms with E-state index in [1.807, 2.05) is 0 Å². The van der Waals surface area contributed by atoms with E-state index in [2.05, 4.69) is 13.8 Å². The third kappa shape index (κ3) is 3.18. The number of nitrogens with two attached hydrogens (primary N) is 1. The predicted molar refractivity (Wildman–Crippen MR) is 59.6 cm³/mol. The second-order valence-electron chi connectivity index (χ2n) is 5.14. The first kappa shape index (κ1) is 12.5. The molecule has 0 aliphatic carbocycles. The van der Waals surface area contributed by atoms with E-state index in [0.29, 0.717) is 12.5 Å². The van der Waals surface area contributed by atoms with Crippen molar-refractivity contribution in [1.82, 2.24) is 0 Å². The van der Waals surface area contributed by atoms with Gasteiger partial charge in [-0.25, -0.2) is 4.48 Å². The molecule has 88 valence electrons. The van der Waals surface area contributed by atoms with E-state index in [4.69, 9.17) is 5.73 Å². The van der Waals surface area contributed by atoms with Crippen LogP contribution in [-0.2, 0) is 0 Å². The summed E-state index contributed by atoms with van der Waals surface area (Å²) in [6.07, 6.45) is 2.04. The van der Waals surface area contributed by atoms with Crippen LogP contribution in [0.25, 0.3) is 0 Å². The molecular formula is C11H23N2O2+. The fourth-order valence-corrected chi connectivity index (χ4v) is 2.48. The SMILES string of the molecule is CC(C)C[N+]1(C(=O)O)CCC[C@H](N)CC1. The lowest BCUT2D eigenvalue weighted by Gasteiger charge is -2.33. The number of quaternary nitrogens is 1. The van der Waals surface area contributed by atoms with Crippen LogP contribution in [0.2, 0.25) is 0 Å². The lowest BCUT2D eigenvalue weighted by atomic mass is 10.1. The molecule has 1 aliphatic rings. The van der Waals surface area contributed by atoms with Crippen LogP contribution in [0.5, 0.6) is 0 Å². The molecule has 0 saturated carbocycles. The Bertz CT molecular complexity index is 231. The van der Waals surface area contributed by atoms with E-state index in [-0.39, 0.29) is 10.5 Å². The Morgan fingerprint density at radius 3 is 2.67 bits per heavy atom. The smallest absolute Gasteiger partial charge is 0.435 e. The van der Waals surface area contributed by atoms with Crippen LogP contribution in [0.4, 0.5) is 4.79 Å². The second-order valence-corrected chi connectivity index (χ2v) is 5.14. The quantitative estimate of drug-likeness (QED) is 0.688.